The highest BCUT2D eigenvalue weighted by Crippen LogP contribution is 2.36. The van der Waals surface area contributed by atoms with Gasteiger partial charge in [0.15, 0.2) is 0 Å². The van der Waals surface area contributed by atoms with Crippen molar-refractivity contribution in [3.63, 3.8) is 0 Å². The topological polar surface area (TPSA) is 111 Å². The second-order valence-corrected chi connectivity index (χ2v) is 6.71. The Hall–Kier alpha value is -2.90. The molecule has 1 spiro atoms. The normalized spacial score (nSPS) is 19.4. The maximum absolute atomic E-state index is 12.7. The van der Waals surface area contributed by atoms with Gasteiger partial charge >= 0.3 is 6.03 Å². The number of carbonyl (C=O) groups is 3. The van der Waals surface area contributed by atoms with Crippen molar-refractivity contribution in [2.75, 3.05) is 26.7 Å². The molecule has 1 aromatic rings. The van der Waals surface area contributed by atoms with Gasteiger partial charge < -0.3 is 15.5 Å². The highest BCUT2D eigenvalue weighted by Gasteiger charge is 2.56. The Balaban J connectivity index is 1.73. The van der Waals surface area contributed by atoms with Crippen LogP contribution in [0.15, 0.2) is 24.3 Å². The lowest BCUT2D eigenvalue weighted by molar-refractivity contribution is -0.134. The standard InChI is InChI=1S/C18H23N5O3/c1-3-23-17(26)21(2)16(25)18(23)8-10-22(11-9-18)15(24)13-6-4-12(5-7-13)14(19)20/h4-7H,3,8-11H2,1-2H3,(H3,19,20). The van der Waals surface area contributed by atoms with Crippen LogP contribution in [0.5, 0.6) is 0 Å². The summed E-state index contributed by atoms with van der Waals surface area (Å²) in [6.45, 7) is 3.16. The van der Waals surface area contributed by atoms with Gasteiger partial charge in [-0.3, -0.25) is 19.9 Å². The number of nitrogen functional groups attached to an aromatic ring is 1. The van der Waals surface area contributed by atoms with Gasteiger partial charge in [-0.15, -0.1) is 0 Å². The van der Waals surface area contributed by atoms with Gasteiger partial charge in [-0.25, -0.2) is 4.79 Å². The maximum atomic E-state index is 12.7. The van der Waals surface area contributed by atoms with Gasteiger partial charge in [0.2, 0.25) is 0 Å². The smallest absolute Gasteiger partial charge is 0.327 e. The number of nitrogens with one attached hydrogen (secondary N) is 1. The molecule has 0 saturated carbocycles. The largest absolute Gasteiger partial charge is 0.384 e. The molecule has 4 amide bonds. The lowest BCUT2D eigenvalue weighted by Crippen LogP contribution is -2.57. The molecule has 3 N–H and O–H groups in total. The molecule has 1 aromatic carbocycles. The molecule has 0 aromatic heterocycles. The minimum Gasteiger partial charge on any atom is -0.384 e. The molecule has 138 valence electrons. The first-order chi connectivity index (χ1) is 12.3. The highest BCUT2D eigenvalue weighted by molar-refractivity contribution is 6.07. The van der Waals surface area contributed by atoms with Crippen LogP contribution in [0.3, 0.4) is 0 Å². The van der Waals surface area contributed by atoms with Crippen LogP contribution < -0.4 is 5.73 Å². The summed E-state index contributed by atoms with van der Waals surface area (Å²) < 4.78 is 0. The number of rotatable bonds is 3. The predicted octanol–water partition coefficient (Wildman–Crippen LogP) is 0.859. The van der Waals surface area contributed by atoms with E-state index in [4.69, 9.17) is 11.1 Å². The molecule has 8 nitrogen and oxygen atoms in total. The van der Waals surface area contributed by atoms with Crippen LogP contribution in [0.1, 0.15) is 35.7 Å². The van der Waals surface area contributed by atoms with Gasteiger partial charge in [-0.2, -0.15) is 0 Å². The molecule has 2 aliphatic heterocycles. The van der Waals surface area contributed by atoms with Gasteiger partial charge in [0.1, 0.15) is 11.4 Å². The van der Waals surface area contributed by atoms with E-state index >= 15 is 0 Å². The lowest BCUT2D eigenvalue weighted by atomic mass is 9.85. The minimum absolute atomic E-state index is 0.0443. The van der Waals surface area contributed by atoms with E-state index in [0.717, 1.165) is 0 Å². The zero-order chi connectivity index (χ0) is 19.1. The SMILES string of the molecule is CCN1C(=O)N(C)C(=O)C12CCN(C(=O)c1ccc(C(=N)N)cc1)CC2. The number of amides is 4. The van der Waals surface area contributed by atoms with E-state index in [2.05, 4.69) is 0 Å². The molecule has 2 saturated heterocycles. The van der Waals surface area contributed by atoms with E-state index in [-0.39, 0.29) is 23.7 Å². The third-order valence-electron chi connectivity index (χ3n) is 5.37. The van der Waals surface area contributed by atoms with Crippen LogP contribution in [-0.2, 0) is 4.79 Å². The monoisotopic (exact) mass is 357 g/mol. The number of likely N-dealkylation sites (N-methyl/N-ethyl adjacent to an activating group) is 2. The second kappa shape index (κ2) is 6.44. The quantitative estimate of drug-likeness (QED) is 0.475. The van der Waals surface area contributed by atoms with Crippen molar-refractivity contribution < 1.29 is 14.4 Å². The van der Waals surface area contributed by atoms with Crippen molar-refractivity contribution in [1.29, 1.82) is 5.41 Å². The van der Waals surface area contributed by atoms with Crippen molar-refractivity contribution in [2.45, 2.75) is 25.3 Å². The van der Waals surface area contributed by atoms with E-state index in [9.17, 15) is 14.4 Å². The molecule has 2 fully saturated rings. The molecule has 26 heavy (non-hydrogen) atoms. The Morgan fingerprint density at radius 1 is 1.15 bits per heavy atom. The number of amidine groups is 1. The summed E-state index contributed by atoms with van der Waals surface area (Å²) in [6.07, 6.45) is 0.875. The fourth-order valence-electron chi connectivity index (χ4n) is 3.86. The van der Waals surface area contributed by atoms with E-state index in [1.54, 1.807) is 34.1 Å². The molecule has 0 unspecified atom stereocenters. The van der Waals surface area contributed by atoms with Crippen LogP contribution in [0, 0.1) is 5.41 Å². The van der Waals surface area contributed by atoms with Crippen LogP contribution >= 0.6 is 0 Å². The van der Waals surface area contributed by atoms with Crippen molar-refractivity contribution in [3.8, 4) is 0 Å². The van der Waals surface area contributed by atoms with Gasteiger partial charge in [0, 0.05) is 37.8 Å². The Labute approximate surface area is 152 Å². The second-order valence-electron chi connectivity index (χ2n) is 6.71. The molecule has 0 aliphatic carbocycles. The van der Waals surface area contributed by atoms with Crippen molar-refractivity contribution >= 4 is 23.7 Å². The first-order valence-electron chi connectivity index (χ1n) is 8.65. The van der Waals surface area contributed by atoms with E-state index in [1.165, 1.54) is 11.9 Å². The zero-order valence-electron chi connectivity index (χ0n) is 15.0. The number of benzene rings is 1. The number of carbonyl (C=O) groups excluding carboxylic acids is 3. The average Bonchev–Trinajstić information content (AvgIpc) is 2.83. The Morgan fingerprint density at radius 2 is 1.69 bits per heavy atom. The number of urea groups is 1. The Bertz CT molecular complexity index is 766. The third-order valence-corrected chi connectivity index (χ3v) is 5.37. The fourth-order valence-corrected chi connectivity index (χ4v) is 3.86. The molecular formula is C18H23N5O3. The minimum atomic E-state index is -0.824. The summed E-state index contributed by atoms with van der Waals surface area (Å²) in [5.74, 6) is -0.345. The summed E-state index contributed by atoms with van der Waals surface area (Å²) in [5.41, 5.74) is 5.69. The van der Waals surface area contributed by atoms with Crippen LogP contribution in [0.25, 0.3) is 0 Å². The molecule has 0 bridgehead atoms. The van der Waals surface area contributed by atoms with Gasteiger partial charge in [0.25, 0.3) is 11.8 Å². The summed E-state index contributed by atoms with van der Waals surface area (Å²) in [5, 5.41) is 7.40. The summed E-state index contributed by atoms with van der Waals surface area (Å²) in [6, 6.07) is 6.33. The highest BCUT2D eigenvalue weighted by atomic mass is 16.2. The molecule has 3 rings (SSSR count). The van der Waals surface area contributed by atoms with E-state index < -0.39 is 5.54 Å². The predicted molar refractivity (Wildman–Crippen MR) is 95.9 cm³/mol. The Morgan fingerprint density at radius 3 is 2.19 bits per heavy atom. The van der Waals surface area contributed by atoms with Crippen molar-refractivity contribution in [3.05, 3.63) is 35.4 Å². The fraction of sp³-hybridized carbons (Fsp3) is 0.444. The average molecular weight is 357 g/mol. The lowest BCUT2D eigenvalue weighted by Gasteiger charge is -2.41. The van der Waals surface area contributed by atoms with Crippen LogP contribution in [0.2, 0.25) is 0 Å². The van der Waals surface area contributed by atoms with E-state index in [0.29, 0.717) is 43.6 Å². The Kier molecular flexibility index (Phi) is 4.43. The summed E-state index contributed by atoms with van der Waals surface area (Å²) >= 11 is 0. The van der Waals surface area contributed by atoms with Crippen LogP contribution in [-0.4, -0.2) is 70.6 Å². The molecular weight excluding hydrogens is 334 g/mol. The first-order valence-corrected chi connectivity index (χ1v) is 8.65. The van der Waals surface area contributed by atoms with Crippen molar-refractivity contribution in [2.24, 2.45) is 5.73 Å². The number of hydrogen-bond donors (Lipinski definition) is 2. The number of nitrogens with two attached hydrogens (primary N) is 1. The van der Waals surface area contributed by atoms with Gasteiger partial charge in [0.05, 0.1) is 0 Å². The van der Waals surface area contributed by atoms with E-state index in [1.807, 2.05) is 6.92 Å². The molecule has 0 radical (unpaired) electrons. The van der Waals surface area contributed by atoms with Gasteiger partial charge in [-0.1, -0.05) is 12.1 Å². The zero-order valence-corrected chi connectivity index (χ0v) is 15.0. The van der Waals surface area contributed by atoms with Gasteiger partial charge in [-0.05, 0) is 31.9 Å². The maximum Gasteiger partial charge on any atom is 0.327 e. The number of hydrogen-bond acceptors (Lipinski definition) is 4. The number of likely N-dealkylation sites (tertiary alicyclic amines) is 1. The molecule has 8 heteroatoms. The number of imide groups is 1. The summed E-state index contributed by atoms with van der Waals surface area (Å²) in [7, 11) is 1.51. The number of piperidine rings is 1. The van der Waals surface area contributed by atoms with Crippen LogP contribution in [0.4, 0.5) is 4.79 Å². The third kappa shape index (κ3) is 2.61. The molecule has 2 aliphatic rings. The molecule has 0 atom stereocenters. The first kappa shape index (κ1) is 17.9. The van der Waals surface area contributed by atoms with Crippen molar-refractivity contribution in [1.82, 2.24) is 14.7 Å². The molecule has 2 heterocycles. The summed E-state index contributed by atoms with van der Waals surface area (Å²) in [4.78, 5) is 42.1. The number of nitrogens with zero attached hydrogens (tertiary/aromatic N) is 3.